The van der Waals surface area contributed by atoms with Gasteiger partial charge >= 0.3 is 5.97 Å². The number of fused-ring (bicyclic) bond motifs is 3. The monoisotopic (exact) mass is 409 g/mol. The SMILES string of the molecule is CCCC(C(=O)ON)c1c(C)nc2sc3c(c2c1-c1ccc(C)cc1)CCNC3. The first-order valence-electron chi connectivity index (χ1n) is 10.2. The number of nitrogens with zero attached hydrogens (tertiary/aromatic N) is 1. The second-order valence-electron chi connectivity index (χ2n) is 7.74. The maximum Gasteiger partial charge on any atom is 0.331 e. The number of carbonyl (C=O) groups excluding carboxylic acids is 1. The molecular formula is C23H27N3O2S. The third-order valence-corrected chi connectivity index (χ3v) is 6.88. The van der Waals surface area contributed by atoms with Crippen LogP contribution in [0.1, 0.15) is 52.9 Å². The van der Waals surface area contributed by atoms with Crippen LogP contribution in [0.4, 0.5) is 0 Å². The van der Waals surface area contributed by atoms with E-state index in [4.69, 9.17) is 15.7 Å². The van der Waals surface area contributed by atoms with Crippen LogP contribution in [0, 0.1) is 13.8 Å². The maximum absolute atomic E-state index is 12.7. The number of aryl methyl sites for hydroxylation is 2. The van der Waals surface area contributed by atoms with Crippen molar-refractivity contribution < 1.29 is 9.63 Å². The zero-order valence-electron chi connectivity index (χ0n) is 17.2. The summed E-state index contributed by atoms with van der Waals surface area (Å²) in [7, 11) is 0. The Kier molecular flexibility index (Phi) is 5.67. The number of benzene rings is 1. The Balaban J connectivity index is 2.08. The van der Waals surface area contributed by atoms with Crippen LogP contribution < -0.4 is 11.2 Å². The van der Waals surface area contributed by atoms with E-state index in [1.165, 1.54) is 21.4 Å². The standard InChI is InChI=1S/C23H27N3O2S/c1-4-5-17(23(27)28-24)19-14(3)26-22-21(16-10-11-25-12-18(16)29-22)20(19)15-8-6-13(2)7-9-15/h6-9,17,25H,4-5,10-12,24H2,1-3H3. The van der Waals surface area contributed by atoms with Crippen LogP contribution >= 0.6 is 11.3 Å². The number of rotatable bonds is 5. The van der Waals surface area contributed by atoms with E-state index in [1.807, 2.05) is 6.92 Å². The molecule has 3 N–H and O–H groups in total. The molecule has 0 aliphatic carbocycles. The van der Waals surface area contributed by atoms with Gasteiger partial charge in [0, 0.05) is 22.5 Å². The fourth-order valence-electron chi connectivity index (χ4n) is 4.38. The smallest absolute Gasteiger partial charge is 0.331 e. The second-order valence-corrected chi connectivity index (χ2v) is 8.82. The minimum atomic E-state index is -0.421. The molecule has 1 aliphatic heterocycles. The Hall–Kier alpha value is -2.28. The molecule has 5 nitrogen and oxygen atoms in total. The molecule has 6 heteroatoms. The minimum absolute atomic E-state index is 0.393. The first-order valence-corrected chi connectivity index (χ1v) is 11.0. The summed E-state index contributed by atoms with van der Waals surface area (Å²) in [5.74, 6) is 4.51. The van der Waals surface area contributed by atoms with Gasteiger partial charge in [-0.05, 0) is 55.5 Å². The van der Waals surface area contributed by atoms with Crippen molar-refractivity contribution >= 4 is 27.5 Å². The van der Waals surface area contributed by atoms with Crippen LogP contribution in [0.5, 0.6) is 0 Å². The lowest BCUT2D eigenvalue weighted by Crippen LogP contribution is -2.22. The molecule has 4 rings (SSSR count). The van der Waals surface area contributed by atoms with Gasteiger partial charge in [0.25, 0.3) is 0 Å². The van der Waals surface area contributed by atoms with Gasteiger partial charge in [-0.1, -0.05) is 43.2 Å². The molecule has 29 heavy (non-hydrogen) atoms. The number of pyridine rings is 1. The third kappa shape index (κ3) is 3.56. The lowest BCUT2D eigenvalue weighted by Gasteiger charge is -2.22. The number of aromatic nitrogens is 1. The summed E-state index contributed by atoms with van der Waals surface area (Å²) in [6.45, 7) is 7.99. The largest absolute Gasteiger partial charge is 0.373 e. The molecule has 0 radical (unpaired) electrons. The quantitative estimate of drug-likeness (QED) is 0.606. The first kappa shape index (κ1) is 20.0. The van der Waals surface area contributed by atoms with E-state index in [9.17, 15) is 4.79 Å². The highest BCUT2D eigenvalue weighted by molar-refractivity contribution is 7.19. The normalized spacial score (nSPS) is 14.6. The fourth-order valence-corrected chi connectivity index (χ4v) is 5.63. The predicted octanol–water partition coefficient (Wildman–Crippen LogP) is 4.53. The van der Waals surface area contributed by atoms with Gasteiger partial charge in [-0.25, -0.2) is 9.78 Å². The topological polar surface area (TPSA) is 77.2 Å². The minimum Gasteiger partial charge on any atom is -0.373 e. The van der Waals surface area contributed by atoms with E-state index in [-0.39, 0.29) is 0 Å². The summed E-state index contributed by atoms with van der Waals surface area (Å²) in [5.41, 5.74) is 6.65. The van der Waals surface area contributed by atoms with Crippen molar-refractivity contribution in [1.82, 2.24) is 10.3 Å². The summed E-state index contributed by atoms with van der Waals surface area (Å²) in [5, 5.41) is 4.66. The van der Waals surface area contributed by atoms with Crippen molar-refractivity contribution in [3.8, 4) is 11.1 Å². The molecule has 0 bridgehead atoms. The average Bonchev–Trinajstić information content (AvgIpc) is 3.09. The molecular weight excluding hydrogens is 382 g/mol. The highest BCUT2D eigenvalue weighted by Crippen LogP contribution is 2.44. The zero-order valence-corrected chi connectivity index (χ0v) is 18.0. The molecule has 1 aromatic carbocycles. The number of hydrogen-bond donors (Lipinski definition) is 2. The van der Waals surface area contributed by atoms with Gasteiger partial charge in [-0.2, -0.15) is 5.90 Å². The van der Waals surface area contributed by atoms with Crippen LogP contribution in [0.25, 0.3) is 21.3 Å². The van der Waals surface area contributed by atoms with Crippen LogP contribution in [0.15, 0.2) is 24.3 Å². The molecule has 3 heterocycles. The highest BCUT2D eigenvalue weighted by atomic mass is 32.1. The lowest BCUT2D eigenvalue weighted by molar-refractivity contribution is -0.146. The summed E-state index contributed by atoms with van der Waals surface area (Å²) in [4.78, 5) is 24.7. The van der Waals surface area contributed by atoms with Crippen molar-refractivity contribution in [2.75, 3.05) is 6.54 Å². The first-order chi connectivity index (χ1) is 14.0. The van der Waals surface area contributed by atoms with E-state index in [1.54, 1.807) is 11.3 Å². The van der Waals surface area contributed by atoms with E-state index in [0.29, 0.717) is 6.42 Å². The van der Waals surface area contributed by atoms with Crippen molar-refractivity contribution in [1.29, 1.82) is 0 Å². The summed E-state index contributed by atoms with van der Waals surface area (Å²) in [6, 6.07) is 8.54. The predicted molar refractivity (Wildman–Crippen MR) is 118 cm³/mol. The van der Waals surface area contributed by atoms with E-state index in [2.05, 4.69) is 43.4 Å². The number of nitrogens with two attached hydrogens (primary N) is 1. The Labute approximate surface area is 175 Å². The number of nitrogens with one attached hydrogen (secondary N) is 1. The van der Waals surface area contributed by atoms with Crippen molar-refractivity contribution in [2.45, 2.75) is 52.5 Å². The maximum atomic E-state index is 12.7. The molecule has 1 atom stereocenters. The molecule has 152 valence electrons. The van der Waals surface area contributed by atoms with Crippen LogP contribution in [-0.2, 0) is 22.6 Å². The van der Waals surface area contributed by atoms with Gasteiger partial charge in [-0.15, -0.1) is 11.3 Å². The molecule has 1 aliphatic rings. The number of thiophene rings is 1. The van der Waals surface area contributed by atoms with Gasteiger partial charge in [0.2, 0.25) is 0 Å². The van der Waals surface area contributed by atoms with Gasteiger partial charge in [0.1, 0.15) is 4.83 Å². The Morgan fingerprint density at radius 2 is 2.07 bits per heavy atom. The number of carbonyl (C=O) groups is 1. The highest BCUT2D eigenvalue weighted by Gasteiger charge is 2.30. The zero-order chi connectivity index (χ0) is 20.5. The van der Waals surface area contributed by atoms with Crippen molar-refractivity contribution in [3.63, 3.8) is 0 Å². The van der Waals surface area contributed by atoms with E-state index >= 15 is 0 Å². The van der Waals surface area contributed by atoms with Crippen molar-refractivity contribution in [2.24, 2.45) is 5.90 Å². The lowest BCUT2D eigenvalue weighted by atomic mass is 9.84. The van der Waals surface area contributed by atoms with Gasteiger partial charge in [-0.3, -0.25) is 0 Å². The molecule has 0 fully saturated rings. The van der Waals surface area contributed by atoms with E-state index in [0.717, 1.165) is 53.1 Å². The van der Waals surface area contributed by atoms with Crippen molar-refractivity contribution in [3.05, 3.63) is 51.5 Å². The summed E-state index contributed by atoms with van der Waals surface area (Å²) >= 11 is 1.76. The second kappa shape index (κ2) is 8.22. The van der Waals surface area contributed by atoms with Gasteiger partial charge < -0.3 is 10.2 Å². The van der Waals surface area contributed by atoms with Crippen LogP contribution in [-0.4, -0.2) is 17.5 Å². The summed E-state index contributed by atoms with van der Waals surface area (Å²) in [6.07, 6.45) is 2.51. The van der Waals surface area contributed by atoms with Gasteiger partial charge in [0.05, 0.1) is 5.92 Å². The molecule has 2 aromatic heterocycles. The van der Waals surface area contributed by atoms with Crippen LogP contribution in [0.2, 0.25) is 0 Å². The van der Waals surface area contributed by atoms with Crippen LogP contribution in [0.3, 0.4) is 0 Å². The Morgan fingerprint density at radius 3 is 2.76 bits per heavy atom. The number of hydrogen-bond acceptors (Lipinski definition) is 6. The molecule has 0 saturated heterocycles. The molecule has 0 spiro atoms. The van der Waals surface area contributed by atoms with E-state index < -0.39 is 11.9 Å². The molecule has 0 saturated carbocycles. The van der Waals surface area contributed by atoms with Gasteiger partial charge in [0.15, 0.2) is 0 Å². The Bertz CT molecular complexity index is 1060. The fraction of sp³-hybridized carbons (Fsp3) is 0.391. The Morgan fingerprint density at radius 1 is 1.31 bits per heavy atom. The molecule has 1 unspecified atom stereocenters. The summed E-state index contributed by atoms with van der Waals surface area (Å²) < 4.78 is 0. The third-order valence-electron chi connectivity index (χ3n) is 5.75. The molecule has 0 amide bonds. The average molecular weight is 410 g/mol. The molecule has 3 aromatic rings.